The van der Waals surface area contributed by atoms with Crippen LogP contribution in [0.4, 0.5) is 0 Å². The van der Waals surface area contributed by atoms with Crippen LogP contribution in [0.3, 0.4) is 0 Å². The van der Waals surface area contributed by atoms with Gasteiger partial charge in [-0.2, -0.15) is 0 Å². The lowest BCUT2D eigenvalue weighted by Crippen LogP contribution is -2.19. The zero-order valence-electron chi connectivity index (χ0n) is 11.1. The highest BCUT2D eigenvalue weighted by Gasteiger charge is 2.08. The minimum absolute atomic E-state index is 0.646. The fourth-order valence-electron chi connectivity index (χ4n) is 1.77. The van der Waals surface area contributed by atoms with E-state index in [9.17, 15) is 0 Å². The first-order valence-corrected chi connectivity index (χ1v) is 7.95. The van der Waals surface area contributed by atoms with Crippen LogP contribution in [0.5, 0.6) is 5.75 Å². The third-order valence-electron chi connectivity index (χ3n) is 2.67. The summed E-state index contributed by atoms with van der Waals surface area (Å²) in [4.78, 5) is 0. The maximum absolute atomic E-state index is 5.56. The predicted molar refractivity (Wildman–Crippen MR) is 84.7 cm³/mol. The van der Waals surface area contributed by atoms with Crippen molar-refractivity contribution in [1.82, 2.24) is 20.3 Å². The fraction of sp³-hybridized carbons (Fsp3) is 0.385. The van der Waals surface area contributed by atoms with Gasteiger partial charge in [-0.3, -0.25) is 4.68 Å². The number of hydrogen-bond acceptors (Lipinski definition) is 4. The van der Waals surface area contributed by atoms with Gasteiger partial charge in [0.05, 0.1) is 28.3 Å². The van der Waals surface area contributed by atoms with Crippen molar-refractivity contribution in [3.05, 3.63) is 39.0 Å². The minimum atomic E-state index is 0.646. The normalized spacial score (nSPS) is 10.8. The summed E-state index contributed by atoms with van der Waals surface area (Å²) < 4.78 is 9.29. The standard InChI is InChI=1S/C13H16Br2N4O/c1-2-20-13-11(14)7-10(8-12(13)15)9-16-3-5-19-6-4-17-18-19/h4,6-8,16H,2-3,5,9H2,1H3. The Hall–Kier alpha value is -0.920. The van der Waals surface area contributed by atoms with Gasteiger partial charge in [0.25, 0.3) is 0 Å². The maximum Gasteiger partial charge on any atom is 0.147 e. The van der Waals surface area contributed by atoms with Crippen LogP contribution in [0, 0.1) is 0 Å². The van der Waals surface area contributed by atoms with E-state index in [0.29, 0.717) is 6.61 Å². The molecule has 0 spiro atoms. The van der Waals surface area contributed by atoms with E-state index in [1.54, 1.807) is 10.9 Å². The molecule has 1 aromatic heterocycles. The second-order valence-corrected chi connectivity index (χ2v) is 5.87. The van der Waals surface area contributed by atoms with Gasteiger partial charge in [-0.15, -0.1) is 5.10 Å². The summed E-state index contributed by atoms with van der Waals surface area (Å²) in [6.45, 7) is 5.05. The van der Waals surface area contributed by atoms with E-state index < -0.39 is 0 Å². The Morgan fingerprint density at radius 1 is 1.30 bits per heavy atom. The van der Waals surface area contributed by atoms with Gasteiger partial charge in [0.15, 0.2) is 0 Å². The number of ether oxygens (including phenoxy) is 1. The molecule has 0 bridgehead atoms. The van der Waals surface area contributed by atoms with E-state index in [4.69, 9.17) is 4.74 Å². The highest BCUT2D eigenvalue weighted by molar-refractivity contribution is 9.11. The molecule has 0 radical (unpaired) electrons. The summed E-state index contributed by atoms with van der Waals surface area (Å²) in [7, 11) is 0. The largest absolute Gasteiger partial charge is 0.492 e. The summed E-state index contributed by atoms with van der Waals surface area (Å²) in [6.07, 6.45) is 3.53. The molecule has 0 fully saturated rings. The molecule has 0 aliphatic heterocycles. The molecule has 2 aromatic rings. The first kappa shape index (κ1) is 15.5. The Balaban J connectivity index is 1.86. The second-order valence-electron chi connectivity index (χ2n) is 4.16. The molecule has 0 saturated carbocycles. The molecule has 0 amide bonds. The Bertz CT molecular complexity index is 522. The van der Waals surface area contributed by atoms with Crippen LogP contribution < -0.4 is 10.1 Å². The van der Waals surface area contributed by atoms with Gasteiger partial charge in [0.2, 0.25) is 0 Å². The molecule has 20 heavy (non-hydrogen) atoms. The number of nitrogens with one attached hydrogen (secondary N) is 1. The van der Waals surface area contributed by atoms with Gasteiger partial charge in [-0.1, -0.05) is 5.21 Å². The average Bonchev–Trinajstić information content (AvgIpc) is 2.92. The molecular weight excluding hydrogens is 388 g/mol. The first-order chi connectivity index (χ1) is 9.70. The van der Waals surface area contributed by atoms with Crippen molar-refractivity contribution in [3.8, 4) is 5.75 Å². The lowest BCUT2D eigenvalue weighted by Gasteiger charge is -2.11. The molecule has 0 aliphatic carbocycles. The monoisotopic (exact) mass is 402 g/mol. The molecule has 7 heteroatoms. The molecule has 1 heterocycles. The van der Waals surface area contributed by atoms with E-state index in [0.717, 1.165) is 34.3 Å². The van der Waals surface area contributed by atoms with Crippen LogP contribution in [0.15, 0.2) is 33.5 Å². The number of halogens is 2. The quantitative estimate of drug-likeness (QED) is 0.722. The third kappa shape index (κ3) is 4.29. The number of aromatic nitrogens is 3. The highest BCUT2D eigenvalue weighted by atomic mass is 79.9. The van der Waals surface area contributed by atoms with Crippen molar-refractivity contribution in [1.29, 1.82) is 0 Å². The second kappa shape index (κ2) is 7.75. The van der Waals surface area contributed by atoms with Crippen molar-refractivity contribution >= 4 is 31.9 Å². The number of rotatable bonds is 7. The maximum atomic E-state index is 5.56. The number of hydrogen-bond donors (Lipinski definition) is 1. The van der Waals surface area contributed by atoms with E-state index >= 15 is 0 Å². The number of benzene rings is 1. The lowest BCUT2D eigenvalue weighted by molar-refractivity contribution is 0.336. The molecule has 0 unspecified atom stereocenters. The van der Waals surface area contributed by atoms with Gasteiger partial charge < -0.3 is 10.1 Å². The Labute approximate surface area is 135 Å². The summed E-state index contributed by atoms with van der Waals surface area (Å²) in [5.74, 6) is 0.846. The van der Waals surface area contributed by atoms with E-state index in [-0.39, 0.29) is 0 Å². The molecule has 1 aromatic carbocycles. The molecule has 1 N–H and O–H groups in total. The van der Waals surface area contributed by atoms with Crippen molar-refractivity contribution in [2.24, 2.45) is 0 Å². The van der Waals surface area contributed by atoms with Crippen molar-refractivity contribution < 1.29 is 4.74 Å². The van der Waals surface area contributed by atoms with Crippen LogP contribution in [0.2, 0.25) is 0 Å². The lowest BCUT2D eigenvalue weighted by atomic mass is 10.2. The molecule has 0 atom stereocenters. The zero-order valence-corrected chi connectivity index (χ0v) is 14.3. The van der Waals surface area contributed by atoms with Gasteiger partial charge in [0, 0.05) is 19.3 Å². The topological polar surface area (TPSA) is 52.0 Å². The van der Waals surface area contributed by atoms with Gasteiger partial charge in [-0.25, -0.2) is 0 Å². The van der Waals surface area contributed by atoms with Crippen LogP contribution in [0.25, 0.3) is 0 Å². The van der Waals surface area contributed by atoms with Crippen molar-refractivity contribution in [2.45, 2.75) is 20.0 Å². The third-order valence-corrected chi connectivity index (χ3v) is 3.84. The van der Waals surface area contributed by atoms with Crippen LogP contribution >= 0.6 is 31.9 Å². The highest BCUT2D eigenvalue weighted by Crippen LogP contribution is 2.34. The predicted octanol–water partition coefficient (Wildman–Crippen LogP) is 2.99. The summed E-state index contributed by atoms with van der Waals surface area (Å²) in [6, 6.07) is 4.14. The zero-order chi connectivity index (χ0) is 14.4. The number of nitrogens with zero attached hydrogens (tertiary/aromatic N) is 3. The van der Waals surface area contributed by atoms with E-state index in [2.05, 4.69) is 59.6 Å². The Kier molecular flexibility index (Phi) is 6.00. The van der Waals surface area contributed by atoms with Crippen LogP contribution in [-0.2, 0) is 13.1 Å². The summed E-state index contributed by atoms with van der Waals surface area (Å²) in [5.41, 5.74) is 1.19. The van der Waals surface area contributed by atoms with Gasteiger partial charge >= 0.3 is 0 Å². The van der Waals surface area contributed by atoms with Crippen molar-refractivity contribution in [3.63, 3.8) is 0 Å². The van der Waals surface area contributed by atoms with E-state index in [1.807, 2.05) is 13.1 Å². The summed E-state index contributed by atoms with van der Waals surface area (Å²) >= 11 is 7.07. The van der Waals surface area contributed by atoms with Crippen LogP contribution in [-0.4, -0.2) is 28.1 Å². The molecular formula is C13H16Br2N4O. The van der Waals surface area contributed by atoms with Crippen molar-refractivity contribution in [2.75, 3.05) is 13.2 Å². The molecule has 5 nitrogen and oxygen atoms in total. The SMILES string of the molecule is CCOc1c(Br)cc(CNCCn2ccnn2)cc1Br. The van der Waals surface area contributed by atoms with Gasteiger partial charge in [0.1, 0.15) is 5.75 Å². The Morgan fingerprint density at radius 2 is 2.05 bits per heavy atom. The van der Waals surface area contributed by atoms with Crippen LogP contribution in [0.1, 0.15) is 12.5 Å². The molecule has 0 saturated heterocycles. The van der Waals surface area contributed by atoms with E-state index in [1.165, 1.54) is 5.56 Å². The molecule has 108 valence electrons. The smallest absolute Gasteiger partial charge is 0.147 e. The Morgan fingerprint density at radius 3 is 2.65 bits per heavy atom. The summed E-state index contributed by atoms with van der Waals surface area (Å²) in [5, 5.41) is 11.1. The first-order valence-electron chi connectivity index (χ1n) is 6.36. The molecule has 0 aliphatic rings. The molecule has 2 rings (SSSR count). The minimum Gasteiger partial charge on any atom is -0.492 e. The average molecular weight is 404 g/mol. The fourth-order valence-corrected chi connectivity index (χ4v) is 3.29. The van der Waals surface area contributed by atoms with Gasteiger partial charge in [-0.05, 0) is 56.5 Å².